The molecule has 4 N–H and O–H groups in total. The summed E-state index contributed by atoms with van der Waals surface area (Å²) in [5.74, 6) is 1.14. The highest BCUT2D eigenvalue weighted by atomic mass is 32.2. The Labute approximate surface area is 110 Å². The molecular formula is C11H18N4O2S. The molecule has 2 unspecified atom stereocenters. The van der Waals surface area contributed by atoms with E-state index in [0.717, 1.165) is 25.0 Å². The van der Waals surface area contributed by atoms with Gasteiger partial charge in [-0.05, 0) is 25.2 Å². The molecule has 2 atom stereocenters. The minimum absolute atomic E-state index is 0.159. The smallest absolute Gasteiger partial charge is 0.276 e. The van der Waals surface area contributed by atoms with Crippen LogP contribution in [-0.4, -0.2) is 27.4 Å². The number of carbonyl (C=O) groups is 1. The lowest BCUT2D eigenvalue weighted by Gasteiger charge is -2.27. The van der Waals surface area contributed by atoms with Crippen molar-refractivity contribution in [1.82, 2.24) is 10.2 Å². The zero-order valence-corrected chi connectivity index (χ0v) is 11.2. The third-order valence-electron chi connectivity index (χ3n) is 3.53. The monoisotopic (exact) mass is 270 g/mol. The van der Waals surface area contributed by atoms with E-state index >= 15 is 0 Å². The number of carbonyl (C=O) groups excluding carboxylic acids is 1. The van der Waals surface area contributed by atoms with E-state index in [2.05, 4.69) is 10.2 Å². The highest BCUT2D eigenvalue weighted by Crippen LogP contribution is 2.37. The Bertz CT molecular complexity index is 436. The summed E-state index contributed by atoms with van der Waals surface area (Å²) in [5, 5.41) is 8.22. The number of hydrogen-bond donors (Lipinski definition) is 2. The van der Waals surface area contributed by atoms with Crippen molar-refractivity contribution < 1.29 is 9.21 Å². The van der Waals surface area contributed by atoms with Crippen LogP contribution in [0.2, 0.25) is 0 Å². The lowest BCUT2D eigenvalue weighted by atomic mass is 9.85. The molecule has 100 valence electrons. The van der Waals surface area contributed by atoms with Crippen LogP contribution in [0.15, 0.2) is 9.64 Å². The summed E-state index contributed by atoms with van der Waals surface area (Å²) >= 11 is 1.49. The molecule has 6 nitrogen and oxygen atoms in total. The maximum Gasteiger partial charge on any atom is 0.276 e. The predicted octanol–water partition coefficient (Wildman–Crippen LogP) is 0.843. The normalized spacial score (nSPS) is 27.6. The summed E-state index contributed by atoms with van der Waals surface area (Å²) < 4.78 is 5.27. The molecule has 1 aliphatic carbocycles. The molecule has 0 spiro atoms. The van der Waals surface area contributed by atoms with Crippen LogP contribution in [0, 0.1) is 12.8 Å². The molecule has 1 aromatic heterocycles. The van der Waals surface area contributed by atoms with Crippen LogP contribution in [0.1, 0.15) is 31.6 Å². The number of aromatic nitrogens is 2. The number of nitrogens with two attached hydrogens (primary N) is 2. The van der Waals surface area contributed by atoms with Crippen molar-refractivity contribution in [2.24, 2.45) is 17.4 Å². The Morgan fingerprint density at radius 1 is 1.61 bits per heavy atom. The largest absolute Gasteiger partial charge is 0.416 e. The highest BCUT2D eigenvalue weighted by molar-refractivity contribution is 7.99. The minimum atomic E-state index is -0.828. The topological polar surface area (TPSA) is 108 Å². The van der Waals surface area contributed by atoms with Gasteiger partial charge in [-0.1, -0.05) is 18.2 Å². The van der Waals surface area contributed by atoms with Gasteiger partial charge in [0.2, 0.25) is 11.8 Å². The van der Waals surface area contributed by atoms with Gasteiger partial charge in [-0.15, -0.1) is 10.2 Å². The Kier molecular flexibility index (Phi) is 3.91. The van der Waals surface area contributed by atoms with Crippen molar-refractivity contribution >= 4 is 17.7 Å². The first-order valence-electron chi connectivity index (χ1n) is 6.04. The van der Waals surface area contributed by atoms with Gasteiger partial charge in [-0.3, -0.25) is 4.79 Å². The van der Waals surface area contributed by atoms with E-state index in [1.165, 1.54) is 11.8 Å². The molecular weight excluding hydrogens is 252 g/mol. The molecule has 0 saturated heterocycles. The molecule has 7 heteroatoms. The van der Waals surface area contributed by atoms with Crippen molar-refractivity contribution in [2.45, 2.75) is 43.4 Å². The van der Waals surface area contributed by atoms with E-state index < -0.39 is 5.54 Å². The zero-order chi connectivity index (χ0) is 13.2. The van der Waals surface area contributed by atoms with Crippen LogP contribution >= 0.6 is 11.8 Å². The summed E-state index contributed by atoms with van der Waals surface area (Å²) in [6, 6.07) is 0. The average molecular weight is 270 g/mol. The van der Waals surface area contributed by atoms with Crippen LogP contribution < -0.4 is 11.5 Å². The van der Waals surface area contributed by atoms with E-state index in [1.807, 2.05) is 0 Å². The van der Waals surface area contributed by atoms with Crippen LogP contribution in [0.4, 0.5) is 0 Å². The molecule has 2 rings (SSSR count). The van der Waals surface area contributed by atoms with Gasteiger partial charge in [0, 0.05) is 12.7 Å². The Hall–Kier alpha value is -1.08. The van der Waals surface area contributed by atoms with E-state index in [-0.39, 0.29) is 11.8 Å². The van der Waals surface area contributed by atoms with Gasteiger partial charge in [0.1, 0.15) is 0 Å². The van der Waals surface area contributed by atoms with Crippen LogP contribution in [0.3, 0.4) is 0 Å². The number of amides is 1. The maximum atomic E-state index is 11.4. The molecule has 1 aliphatic rings. The van der Waals surface area contributed by atoms with Gasteiger partial charge in [0.25, 0.3) is 5.22 Å². The predicted molar refractivity (Wildman–Crippen MR) is 67.8 cm³/mol. The second kappa shape index (κ2) is 5.27. The number of primary amides is 1. The lowest BCUT2D eigenvalue weighted by Crippen LogP contribution is -2.54. The average Bonchev–Trinajstić information content (AvgIpc) is 2.87. The van der Waals surface area contributed by atoms with Crippen LogP contribution in [0.5, 0.6) is 0 Å². The minimum Gasteiger partial charge on any atom is -0.416 e. The third kappa shape index (κ3) is 2.67. The standard InChI is InChI=1S/C11H18N4O2S/c1-7-14-15-10(17-7)18-6-4-8-3-2-5-11(8,13)9(12)16/h8H,2-6,13H2,1H3,(H2,12,16). The molecule has 1 aromatic rings. The van der Waals surface area contributed by atoms with Crippen molar-refractivity contribution in [3.8, 4) is 0 Å². The van der Waals surface area contributed by atoms with Crippen molar-refractivity contribution in [2.75, 3.05) is 5.75 Å². The Balaban J connectivity index is 1.85. The molecule has 1 fully saturated rings. The third-order valence-corrected chi connectivity index (χ3v) is 4.38. The maximum absolute atomic E-state index is 11.4. The van der Waals surface area contributed by atoms with Crippen molar-refractivity contribution in [3.05, 3.63) is 5.89 Å². The number of nitrogens with zero attached hydrogens (tertiary/aromatic N) is 2. The van der Waals surface area contributed by atoms with Crippen molar-refractivity contribution in [3.63, 3.8) is 0 Å². The lowest BCUT2D eigenvalue weighted by molar-refractivity contribution is -0.124. The first kappa shape index (κ1) is 13.4. The molecule has 1 amide bonds. The second-order valence-electron chi connectivity index (χ2n) is 4.72. The van der Waals surface area contributed by atoms with Gasteiger partial charge < -0.3 is 15.9 Å². The number of hydrogen-bond acceptors (Lipinski definition) is 6. The van der Waals surface area contributed by atoms with Crippen molar-refractivity contribution in [1.29, 1.82) is 0 Å². The summed E-state index contributed by atoms with van der Waals surface area (Å²) in [7, 11) is 0. The first-order valence-corrected chi connectivity index (χ1v) is 7.02. The van der Waals surface area contributed by atoms with E-state index in [1.54, 1.807) is 6.92 Å². The quantitative estimate of drug-likeness (QED) is 0.768. The SMILES string of the molecule is Cc1nnc(SCCC2CCCC2(N)C(N)=O)o1. The van der Waals surface area contributed by atoms with E-state index in [0.29, 0.717) is 17.5 Å². The molecule has 0 aliphatic heterocycles. The number of thioether (sulfide) groups is 1. The highest BCUT2D eigenvalue weighted by Gasteiger charge is 2.43. The van der Waals surface area contributed by atoms with E-state index in [9.17, 15) is 4.79 Å². The van der Waals surface area contributed by atoms with Gasteiger partial charge >= 0.3 is 0 Å². The second-order valence-corrected chi connectivity index (χ2v) is 5.76. The fraction of sp³-hybridized carbons (Fsp3) is 0.727. The Morgan fingerprint density at radius 2 is 2.39 bits per heavy atom. The molecule has 1 heterocycles. The van der Waals surface area contributed by atoms with Gasteiger partial charge in [0.05, 0.1) is 5.54 Å². The molecule has 0 aromatic carbocycles. The van der Waals surface area contributed by atoms with Gasteiger partial charge in [-0.2, -0.15) is 0 Å². The molecule has 0 radical (unpaired) electrons. The molecule has 0 bridgehead atoms. The summed E-state index contributed by atoms with van der Waals surface area (Å²) in [6.07, 6.45) is 3.46. The number of rotatable bonds is 5. The fourth-order valence-corrected chi connectivity index (χ4v) is 3.31. The number of aryl methyl sites for hydroxylation is 1. The van der Waals surface area contributed by atoms with Gasteiger partial charge in [0.15, 0.2) is 0 Å². The zero-order valence-electron chi connectivity index (χ0n) is 10.4. The first-order chi connectivity index (χ1) is 8.52. The summed E-state index contributed by atoms with van der Waals surface area (Å²) in [6.45, 7) is 1.76. The Morgan fingerprint density at radius 3 is 3.00 bits per heavy atom. The van der Waals surface area contributed by atoms with E-state index in [4.69, 9.17) is 15.9 Å². The summed E-state index contributed by atoms with van der Waals surface area (Å²) in [5.41, 5.74) is 10.7. The fourth-order valence-electron chi connectivity index (χ4n) is 2.45. The van der Waals surface area contributed by atoms with Gasteiger partial charge in [-0.25, -0.2) is 0 Å². The molecule has 1 saturated carbocycles. The van der Waals surface area contributed by atoms with Crippen LogP contribution in [-0.2, 0) is 4.79 Å². The summed E-state index contributed by atoms with van der Waals surface area (Å²) in [4.78, 5) is 11.4. The molecule has 18 heavy (non-hydrogen) atoms. The van der Waals surface area contributed by atoms with Crippen LogP contribution in [0.25, 0.3) is 0 Å².